The second kappa shape index (κ2) is 15.5. The number of carbonyl (C=O) groups excluding carboxylic acids is 4. The number of carbonyl (C=O) groups is 4. The van der Waals surface area contributed by atoms with Crippen LogP contribution in [-0.4, -0.2) is 102 Å². The molecule has 0 aromatic heterocycles. The lowest BCUT2D eigenvalue weighted by Gasteiger charge is -2.38. The molecule has 6 rings (SSSR count). The van der Waals surface area contributed by atoms with Crippen molar-refractivity contribution in [1.82, 2.24) is 9.80 Å². The summed E-state index contributed by atoms with van der Waals surface area (Å²) in [5.74, 6) is -3.78. The highest BCUT2D eigenvalue weighted by atomic mass is 79.9. The first-order valence-corrected chi connectivity index (χ1v) is 19.1. The van der Waals surface area contributed by atoms with Crippen LogP contribution in [0, 0.1) is 11.8 Å². The minimum Gasteiger partial charge on any atom is -0.455 e. The second-order valence-corrected chi connectivity index (χ2v) is 14.9. The Kier molecular flexibility index (Phi) is 11.3. The molecule has 12 heteroatoms. The smallest absolute Gasteiger partial charge is 0.313 e. The Labute approximate surface area is 314 Å². The van der Waals surface area contributed by atoms with Gasteiger partial charge in [-0.1, -0.05) is 65.3 Å². The van der Waals surface area contributed by atoms with Crippen LogP contribution in [0.2, 0.25) is 0 Å². The van der Waals surface area contributed by atoms with E-state index in [1.165, 1.54) is 4.90 Å². The summed E-state index contributed by atoms with van der Waals surface area (Å²) in [5.41, 5.74) is 0.841. The van der Waals surface area contributed by atoms with Crippen LogP contribution in [0.25, 0.3) is 0 Å². The molecule has 52 heavy (non-hydrogen) atoms. The Hall–Kier alpha value is -4.00. The largest absolute Gasteiger partial charge is 0.455 e. The summed E-state index contributed by atoms with van der Waals surface area (Å²) in [5, 5.41) is 10.6. The van der Waals surface area contributed by atoms with E-state index in [0.717, 1.165) is 18.8 Å². The summed E-state index contributed by atoms with van der Waals surface area (Å²) in [6, 6.07) is 14.6. The fourth-order valence-corrected chi connectivity index (χ4v) is 9.05. The number of likely N-dealkylation sites (tertiary alicyclic amines) is 1. The molecule has 1 spiro atoms. The van der Waals surface area contributed by atoms with Gasteiger partial charge in [-0.25, -0.2) is 0 Å². The second-order valence-electron chi connectivity index (χ2n) is 14.0. The number of nitrogens with zero attached hydrogens (tertiary/aromatic N) is 4. The van der Waals surface area contributed by atoms with E-state index in [1.54, 1.807) is 22.9 Å². The first-order chi connectivity index (χ1) is 25.0. The third-order valence-corrected chi connectivity index (χ3v) is 12.0. The minimum absolute atomic E-state index is 0.120. The molecule has 278 valence electrons. The number of esters is 1. The van der Waals surface area contributed by atoms with Crippen LogP contribution in [0.15, 0.2) is 77.3 Å². The predicted octanol–water partition coefficient (Wildman–Crippen LogP) is 4.99. The highest BCUT2D eigenvalue weighted by molar-refractivity contribution is 9.11. The number of fused-ring (bicyclic) bond motifs is 2. The van der Waals surface area contributed by atoms with Gasteiger partial charge >= 0.3 is 5.97 Å². The van der Waals surface area contributed by atoms with Gasteiger partial charge < -0.3 is 34.2 Å². The Balaban J connectivity index is 1.49. The highest BCUT2D eigenvalue weighted by Crippen LogP contribution is 2.59. The van der Waals surface area contributed by atoms with Gasteiger partial charge in [0.05, 0.1) is 24.6 Å². The summed E-state index contributed by atoms with van der Waals surface area (Å²) in [6.07, 6.45) is 4.85. The maximum atomic E-state index is 15.2. The number of rotatable bonds is 8. The molecule has 0 aliphatic carbocycles. The van der Waals surface area contributed by atoms with Gasteiger partial charge in [-0.05, 0) is 69.5 Å². The van der Waals surface area contributed by atoms with Crippen LogP contribution in [-0.2, 0) is 28.7 Å². The van der Waals surface area contributed by atoms with Crippen molar-refractivity contribution in [3.63, 3.8) is 0 Å². The Morgan fingerprint density at radius 2 is 1.65 bits per heavy atom. The maximum absolute atomic E-state index is 15.2. The molecule has 2 aromatic carbocycles. The highest BCUT2D eigenvalue weighted by Gasteiger charge is 2.75. The summed E-state index contributed by atoms with van der Waals surface area (Å²) in [6.45, 7) is 9.31. The fourth-order valence-electron chi connectivity index (χ4n) is 8.32. The minimum atomic E-state index is -1.50. The number of hydrogen-bond acceptors (Lipinski definition) is 8. The fraction of sp³-hybridized carbons (Fsp3) is 0.500. The molecule has 11 nitrogen and oxygen atoms in total. The van der Waals surface area contributed by atoms with E-state index < -0.39 is 65.6 Å². The van der Waals surface area contributed by atoms with Crippen LogP contribution < -0.4 is 9.80 Å². The van der Waals surface area contributed by atoms with Crippen molar-refractivity contribution >= 4 is 51.0 Å². The zero-order chi connectivity index (χ0) is 37.3. The molecule has 2 fully saturated rings. The summed E-state index contributed by atoms with van der Waals surface area (Å²) in [4.78, 5) is 64.9. The number of anilines is 2. The van der Waals surface area contributed by atoms with Gasteiger partial charge in [-0.3, -0.25) is 19.2 Å². The number of halogens is 1. The predicted molar refractivity (Wildman–Crippen MR) is 202 cm³/mol. The lowest BCUT2D eigenvalue weighted by atomic mass is 9.74. The summed E-state index contributed by atoms with van der Waals surface area (Å²) in [7, 11) is 1.70. The molecule has 0 unspecified atom stereocenters. The first-order valence-electron chi connectivity index (χ1n) is 18.3. The van der Waals surface area contributed by atoms with Gasteiger partial charge in [0, 0.05) is 49.0 Å². The molecule has 4 aliphatic heterocycles. The van der Waals surface area contributed by atoms with Gasteiger partial charge in [0.1, 0.15) is 29.8 Å². The molecule has 1 N–H and O–H groups in total. The van der Waals surface area contributed by atoms with Crippen molar-refractivity contribution in [2.75, 3.05) is 43.1 Å². The monoisotopic (exact) mass is 776 g/mol. The molecule has 8 atom stereocenters. The number of allylic oxidation sites excluding steroid dienone is 1. The lowest BCUT2D eigenvalue weighted by molar-refractivity contribution is -0.164. The first kappa shape index (κ1) is 37.7. The zero-order valence-corrected chi connectivity index (χ0v) is 32.1. The van der Waals surface area contributed by atoms with Gasteiger partial charge in [-0.2, -0.15) is 0 Å². The van der Waals surface area contributed by atoms with Crippen LogP contribution in [0.4, 0.5) is 11.4 Å². The molecule has 2 aromatic rings. The van der Waals surface area contributed by atoms with Crippen molar-refractivity contribution in [3.8, 4) is 0 Å². The number of benzene rings is 2. The quantitative estimate of drug-likeness (QED) is 0.295. The third kappa shape index (κ3) is 6.47. The Morgan fingerprint density at radius 1 is 0.962 bits per heavy atom. The maximum Gasteiger partial charge on any atom is 0.313 e. The standard InChI is InChI=1S/C40H49BrN4O7/c1-6-27(24-46)45-36-38(49)44(29-20-18-28(19-21-29)43(7-2)8-3)22-14-10-13-17-31(47)42(5)25(4)34(26-15-11-9-12-16-26)51-39(50)32-33(37(45)48)40(36)23-30(41)35(32)52-40/h9-12,14-16,18-21,23,25,27,32-36,46H,6-8,13,17,22,24H2,1-5H3/b14-10-/t25-,27+,32+,33-,34+,35+,36+,40-/m1/s1. The van der Waals surface area contributed by atoms with Crippen LogP contribution in [0.1, 0.15) is 58.6 Å². The van der Waals surface area contributed by atoms with E-state index in [9.17, 15) is 19.5 Å². The normalized spacial score (nSPS) is 30.7. The SMILES string of the molecule is CC[C@@H](CO)N1C(=O)[C@H]2[C@@H]3C(=O)O[C@H](c4ccccc4)[C@@H](C)N(C)C(=O)CC/C=C\CN(c4ccc(N(CC)CC)cc4)C(=O)[C@H]1[C@@]21C=C(Br)[C@@H]3O1. The van der Waals surface area contributed by atoms with Gasteiger partial charge in [0.25, 0.3) is 5.91 Å². The van der Waals surface area contributed by atoms with Crippen LogP contribution in [0.5, 0.6) is 0 Å². The van der Waals surface area contributed by atoms with Crippen LogP contribution >= 0.6 is 15.9 Å². The van der Waals surface area contributed by atoms with Crippen molar-refractivity contribution in [2.24, 2.45) is 11.8 Å². The van der Waals surface area contributed by atoms with Gasteiger partial charge in [-0.15, -0.1) is 0 Å². The summed E-state index contributed by atoms with van der Waals surface area (Å²) >= 11 is 3.63. The van der Waals surface area contributed by atoms with Crippen molar-refractivity contribution < 1.29 is 33.8 Å². The van der Waals surface area contributed by atoms with E-state index in [0.29, 0.717) is 28.6 Å². The number of amides is 3. The average Bonchev–Trinajstić information content (AvgIpc) is 3.75. The molecule has 4 heterocycles. The molecule has 0 radical (unpaired) electrons. The van der Waals surface area contributed by atoms with Gasteiger partial charge in [0.2, 0.25) is 11.8 Å². The van der Waals surface area contributed by atoms with E-state index in [-0.39, 0.29) is 25.5 Å². The summed E-state index contributed by atoms with van der Waals surface area (Å²) < 4.78 is 13.6. The Bertz CT molecular complexity index is 1710. The van der Waals surface area contributed by atoms with E-state index in [1.807, 2.05) is 80.6 Å². The topological polar surface area (TPSA) is 120 Å². The van der Waals surface area contributed by atoms with Gasteiger partial charge in [0.15, 0.2) is 0 Å². The number of likely N-dealkylation sites (N-methyl/N-ethyl adjacent to an activating group) is 1. The van der Waals surface area contributed by atoms with Crippen molar-refractivity contribution in [1.29, 1.82) is 0 Å². The lowest BCUT2D eigenvalue weighted by Crippen LogP contribution is -2.58. The number of hydrogen-bond donors (Lipinski definition) is 1. The third-order valence-electron chi connectivity index (χ3n) is 11.3. The number of aliphatic hydroxyl groups is 1. The number of cyclic esters (lactones) is 1. The molecular weight excluding hydrogens is 728 g/mol. The number of aliphatic hydroxyl groups excluding tert-OH is 1. The van der Waals surface area contributed by atoms with E-state index >= 15 is 4.79 Å². The van der Waals surface area contributed by atoms with Crippen molar-refractivity contribution in [2.45, 2.75) is 82.9 Å². The molecule has 3 amide bonds. The van der Waals surface area contributed by atoms with Crippen LogP contribution in [0.3, 0.4) is 0 Å². The van der Waals surface area contributed by atoms with Crippen molar-refractivity contribution in [3.05, 3.63) is 82.9 Å². The average molecular weight is 778 g/mol. The van der Waals surface area contributed by atoms with E-state index in [2.05, 4.69) is 34.7 Å². The van der Waals surface area contributed by atoms with E-state index in [4.69, 9.17) is 9.47 Å². The molecule has 4 aliphatic rings. The molecule has 0 saturated carbocycles. The zero-order valence-electron chi connectivity index (χ0n) is 30.5. The Morgan fingerprint density at radius 3 is 2.29 bits per heavy atom. The number of ether oxygens (including phenoxy) is 2. The molecular formula is C40H49BrN4O7. The molecule has 2 saturated heterocycles. The molecule has 5 bridgehead atoms.